The van der Waals surface area contributed by atoms with Gasteiger partial charge in [0.05, 0.1) is 5.58 Å². The van der Waals surface area contributed by atoms with E-state index < -0.39 is 8.07 Å². The summed E-state index contributed by atoms with van der Waals surface area (Å²) in [6.07, 6.45) is 3.85. The number of nitrogens with zero attached hydrogens (tertiary/aromatic N) is 2. The van der Waals surface area contributed by atoms with Gasteiger partial charge in [-0.15, -0.1) is 53.2 Å². The molecule has 3 heterocycles. The maximum Gasteiger partial charge on any atom is 0.120 e. The first-order valence-electron chi connectivity index (χ1n) is 13.8. The SMILES string of the molecule is CC(C)(C)c1ccc(-c2[c-]cc([Si](C)(C)C)c3c2oc2ccccc23)nc1.Cc1ccc(-c2[c-]cccc2)nc1.[Ir]. The van der Waals surface area contributed by atoms with Crippen LogP contribution >= 0.6 is 0 Å². The summed E-state index contributed by atoms with van der Waals surface area (Å²) < 4.78 is 6.32. The average Bonchev–Trinajstić information content (AvgIpc) is 3.32. The molecule has 0 fully saturated rings. The van der Waals surface area contributed by atoms with E-state index in [-0.39, 0.29) is 25.5 Å². The van der Waals surface area contributed by atoms with Crippen molar-refractivity contribution in [3.05, 3.63) is 115 Å². The molecule has 0 saturated heterocycles. The Labute approximate surface area is 258 Å². The number of pyridine rings is 2. The van der Waals surface area contributed by atoms with E-state index in [1.54, 1.807) is 0 Å². The molecule has 0 aliphatic heterocycles. The molecule has 0 spiro atoms. The molecule has 0 unspecified atom stereocenters. The van der Waals surface area contributed by atoms with Gasteiger partial charge in [-0.25, -0.2) is 0 Å². The first kappa shape index (κ1) is 30.6. The van der Waals surface area contributed by atoms with Crippen LogP contribution in [-0.2, 0) is 25.5 Å². The summed E-state index contributed by atoms with van der Waals surface area (Å²) >= 11 is 0. The average molecular weight is 733 g/mol. The summed E-state index contributed by atoms with van der Waals surface area (Å²) in [6.45, 7) is 15.8. The molecule has 5 heteroatoms. The van der Waals surface area contributed by atoms with E-state index in [1.165, 1.54) is 27.1 Å². The summed E-state index contributed by atoms with van der Waals surface area (Å²) in [7, 11) is -1.55. The van der Waals surface area contributed by atoms with Crippen LogP contribution < -0.4 is 5.19 Å². The van der Waals surface area contributed by atoms with Gasteiger partial charge in [0.2, 0.25) is 0 Å². The van der Waals surface area contributed by atoms with E-state index in [9.17, 15) is 0 Å². The van der Waals surface area contributed by atoms with Gasteiger partial charge in [0, 0.05) is 46.0 Å². The minimum atomic E-state index is -1.55. The Morgan fingerprint density at radius 2 is 1.49 bits per heavy atom. The van der Waals surface area contributed by atoms with Gasteiger partial charge in [0.1, 0.15) is 5.58 Å². The molecule has 0 aliphatic rings. The van der Waals surface area contributed by atoms with Gasteiger partial charge < -0.3 is 14.4 Å². The number of fused-ring (bicyclic) bond motifs is 3. The second-order valence-electron chi connectivity index (χ2n) is 12.3. The Bertz CT molecular complexity index is 1750. The molecule has 0 aliphatic carbocycles. The summed E-state index contributed by atoms with van der Waals surface area (Å²) in [5, 5.41) is 3.81. The first-order chi connectivity index (χ1) is 19.0. The van der Waals surface area contributed by atoms with Gasteiger partial charge >= 0.3 is 0 Å². The molecule has 3 aromatic carbocycles. The first-order valence-corrected chi connectivity index (χ1v) is 17.3. The molecule has 3 aromatic heterocycles. The minimum absolute atomic E-state index is 0. The van der Waals surface area contributed by atoms with E-state index in [2.05, 4.69) is 93.9 Å². The number of benzene rings is 3. The van der Waals surface area contributed by atoms with Gasteiger partial charge in [-0.05, 0) is 40.9 Å². The van der Waals surface area contributed by atoms with Crippen LogP contribution in [0.1, 0.15) is 31.9 Å². The van der Waals surface area contributed by atoms with E-state index in [0.29, 0.717) is 0 Å². The quantitative estimate of drug-likeness (QED) is 0.135. The molecule has 0 amide bonds. The molecule has 0 saturated carbocycles. The van der Waals surface area contributed by atoms with Crippen molar-refractivity contribution in [2.24, 2.45) is 0 Å². The summed E-state index contributed by atoms with van der Waals surface area (Å²) in [5.41, 5.74) is 8.22. The number of hydrogen-bond acceptors (Lipinski definition) is 3. The normalized spacial score (nSPS) is 11.6. The van der Waals surface area contributed by atoms with Crippen molar-refractivity contribution >= 4 is 35.2 Å². The number of hydrogen-bond donors (Lipinski definition) is 0. The summed E-state index contributed by atoms with van der Waals surface area (Å²) in [5.74, 6) is 0. The zero-order valence-corrected chi connectivity index (χ0v) is 28.2. The second kappa shape index (κ2) is 12.2. The fourth-order valence-corrected chi connectivity index (χ4v) is 6.22. The van der Waals surface area contributed by atoms with E-state index >= 15 is 0 Å². The number of aromatic nitrogens is 2. The van der Waals surface area contributed by atoms with E-state index in [4.69, 9.17) is 9.40 Å². The Morgan fingerprint density at radius 3 is 2.10 bits per heavy atom. The molecule has 211 valence electrons. The topological polar surface area (TPSA) is 38.9 Å². The standard InChI is InChI=1S/C24H26NOSi.C12H10N.Ir/c1-24(2,3)16-11-13-19(25-15-16)17-12-14-21(27(4,5)6)22-18-9-7-8-10-20(18)26-23(17)22;1-10-7-8-12(13-9-10)11-5-3-2-4-6-11;/h7-11,13-15H,1-6H3;2-5,7-9H,1H3;/q2*-1;. The maximum atomic E-state index is 6.32. The second-order valence-corrected chi connectivity index (χ2v) is 17.3. The monoisotopic (exact) mass is 733 g/mol. The predicted octanol–water partition coefficient (Wildman–Crippen LogP) is 9.15. The Balaban J connectivity index is 0.000000233. The van der Waals surface area contributed by atoms with E-state index in [1.807, 2.05) is 61.8 Å². The Morgan fingerprint density at radius 1 is 0.780 bits per heavy atom. The van der Waals surface area contributed by atoms with Crippen LogP contribution in [0.5, 0.6) is 0 Å². The third-order valence-corrected chi connectivity index (χ3v) is 9.05. The number of para-hydroxylation sites is 1. The minimum Gasteiger partial charge on any atom is -0.501 e. The molecule has 6 rings (SSSR count). The molecular weight excluding hydrogens is 697 g/mol. The van der Waals surface area contributed by atoms with Crippen molar-refractivity contribution in [3.8, 4) is 22.5 Å². The van der Waals surface area contributed by atoms with Crippen LogP contribution in [-0.4, -0.2) is 18.0 Å². The fourth-order valence-electron chi connectivity index (χ4n) is 4.72. The van der Waals surface area contributed by atoms with Gasteiger partial charge in [0.15, 0.2) is 0 Å². The zero-order valence-electron chi connectivity index (χ0n) is 24.8. The molecule has 41 heavy (non-hydrogen) atoms. The smallest absolute Gasteiger partial charge is 0.120 e. The molecule has 6 aromatic rings. The molecular formula is C36H36IrN2OSi-2. The van der Waals surface area contributed by atoms with Gasteiger partial charge in [-0.3, -0.25) is 0 Å². The summed E-state index contributed by atoms with van der Waals surface area (Å²) in [4.78, 5) is 9.06. The molecule has 0 bridgehead atoms. The van der Waals surface area contributed by atoms with Crippen molar-refractivity contribution in [2.75, 3.05) is 0 Å². The zero-order chi connectivity index (χ0) is 28.5. The third kappa shape index (κ3) is 6.76. The van der Waals surface area contributed by atoms with Crippen LogP contribution in [0.25, 0.3) is 44.5 Å². The predicted molar refractivity (Wildman–Crippen MR) is 171 cm³/mol. The van der Waals surface area contributed by atoms with Crippen LogP contribution in [0.15, 0.2) is 95.7 Å². The van der Waals surface area contributed by atoms with E-state index in [0.717, 1.165) is 33.7 Å². The van der Waals surface area contributed by atoms with Crippen LogP contribution in [0.3, 0.4) is 0 Å². The van der Waals surface area contributed by atoms with Gasteiger partial charge in [-0.1, -0.05) is 93.8 Å². The van der Waals surface area contributed by atoms with Crippen molar-refractivity contribution in [2.45, 2.75) is 52.8 Å². The molecule has 0 N–H and O–H groups in total. The Hall–Kier alpha value is -3.37. The van der Waals surface area contributed by atoms with Gasteiger partial charge in [-0.2, -0.15) is 0 Å². The Kier molecular flexibility index (Phi) is 9.13. The van der Waals surface area contributed by atoms with Crippen molar-refractivity contribution in [1.29, 1.82) is 0 Å². The largest absolute Gasteiger partial charge is 0.501 e. The molecule has 0 atom stereocenters. The van der Waals surface area contributed by atoms with Crippen molar-refractivity contribution < 1.29 is 24.5 Å². The van der Waals surface area contributed by atoms with Crippen LogP contribution in [0.2, 0.25) is 19.6 Å². The van der Waals surface area contributed by atoms with Crippen molar-refractivity contribution in [1.82, 2.24) is 9.97 Å². The number of aryl methyl sites for hydroxylation is 1. The molecule has 3 nitrogen and oxygen atoms in total. The van der Waals surface area contributed by atoms with Crippen molar-refractivity contribution in [3.63, 3.8) is 0 Å². The maximum absolute atomic E-state index is 6.32. The number of furan rings is 1. The van der Waals surface area contributed by atoms with Gasteiger partial charge in [0.25, 0.3) is 0 Å². The molecule has 1 radical (unpaired) electrons. The van der Waals surface area contributed by atoms with Crippen LogP contribution in [0.4, 0.5) is 0 Å². The van der Waals surface area contributed by atoms with Crippen LogP contribution in [0, 0.1) is 19.1 Å². The third-order valence-electron chi connectivity index (χ3n) is 7.04. The summed E-state index contributed by atoms with van der Waals surface area (Å²) in [6, 6.07) is 33.3. The number of rotatable bonds is 3. The fraction of sp³-hybridized carbons (Fsp3) is 0.222.